The van der Waals surface area contributed by atoms with Crippen molar-refractivity contribution < 1.29 is 4.79 Å². The predicted octanol–water partition coefficient (Wildman–Crippen LogP) is 1.69. The number of hydrogen-bond acceptors (Lipinski definition) is 4. The van der Waals surface area contributed by atoms with Gasteiger partial charge in [-0.25, -0.2) is 0 Å². The van der Waals surface area contributed by atoms with Crippen molar-refractivity contribution in [1.82, 2.24) is 15.5 Å². The second kappa shape index (κ2) is 12.4. The molecular weight excluding hydrogens is 347 g/mol. The monoisotopic (exact) mass is 376 g/mol. The molecule has 0 saturated carbocycles. The molecule has 0 aromatic heterocycles. The summed E-state index contributed by atoms with van der Waals surface area (Å²) < 4.78 is 0. The number of carbonyl (C=O) groups is 1. The maximum Gasteiger partial charge on any atom is 0.221 e. The van der Waals surface area contributed by atoms with Gasteiger partial charge in [0.15, 0.2) is 0 Å². The number of anilines is 1. The molecule has 1 aliphatic rings. The fourth-order valence-corrected chi connectivity index (χ4v) is 2.73. The van der Waals surface area contributed by atoms with Gasteiger partial charge in [0.05, 0.1) is 0 Å². The lowest BCUT2D eigenvalue weighted by atomic mass is 10.2. The van der Waals surface area contributed by atoms with E-state index in [1.54, 1.807) is 0 Å². The number of aryl methyl sites for hydroxylation is 1. The zero-order valence-corrected chi connectivity index (χ0v) is 16.2. The molecule has 2 rings (SSSR count). The van der Waals surface area contributed by atoms with Crippen LogP contribution in [0, 0.1) is 6.92 Å². The quantitative estimate of drug-likeness (QED) is 0.710. The Labute approximate surface area is 158 Å². The summed E-state index contributed by atoms with van der Waals surface area (Å²) >= 11 is 0. The molecule has 1 aromatic rings. The molecule has 0 atom stereocenters. The lowest BCUT2D eigenvalue weighted by Crippen LogP contribution is -2.47. The van der Waals surface area contributed by atoms with Crippen LogP contribution in [0.15, 0.2) is 24.3 Å². The first kappa shape index (κ1) is 23.0. The zero-order valence-electron chi connectivity index (χ0n) is 14.6. The Morgan fingerprint density at radius 1 is 1.12 bits per heavy atom. The molecule has 1 aromatic carbocycles. The summed E-state index contributed by atoms with van der Waals surface area (Å²) in [5.74, 6) is 0.149. The second-order valence-corrected chi connectivity index (χ2v) is 5.87. The highest BCUT2D eigenvalue weighted by Crippen LogP contribution is 2.17. The van der Waals surface area contributed by atoms with Gasteiger partial charge in [-0.1, -0.05) is 12.1 Å². The van der Waals surface area contributed by atoms with E-state index >= 15 is 0 Å². The largest absolute Gasteiger partial charge is 0.369 e. The average molecular weight is 377 g/mol. The molecule has 24 heavy (non-hydrogen) atoms. The van der Waals surface area contributed by atoms with E-state index in [0.29, 0.717) is 13.0 Å². The number of rotatable bonds is 7. The van der Waals surface area contributed by atoms with Crippen LogP contribution in [-0.2, 0) is 4.79 Å². The van der Waals surface area contributed by atoms with Gasteiger partial charge in [-0.2, -0.15) is 0 Å². The number of halogens is 2. The Balaban J connectivity index is 0.00000264. The normalized spacial score (nSPS) is 14.5. The Morgan fingerprint density at radius 2 is 1.83 bits per heavy atom. The van der Waals surface area contributed by atoms with Crippen LogP contribution in [-0.4, -0.2) is 63.7 Å². The van der Waals surface area contributed by atoms with Crippen LogP contribution in [0.25, 0.3) is 0 Å². The fourth-order valence-electron chi connectivity index (χ4n) is 2.73. The van der Waals surface area contributed by atoms with Crippen molar-refractivity contribution >= 4 is 36.4 Å². The van der Waals surface area contributed by atoms with Crippen LogP contribution < -0.4 is 15.5 Å². The highest BCUT2D eigenvalue weighted by molar-refractivity contribution is 5.85. The predicted molar refractivity (Wildman–Crippen MR) is 106 cm³/mol. The minimum absolute atomic E-state index is 0. The number of piperazine rings is 1. The van der Waals surface area contributed by atoms with Gasteiger partial charge in [0, 0.05) is 57.9 Å². The van der Waals surface area contributed by atoms with E-state index in [1.807, 2.05) is 7.05 Å². The number of likely N-dealkylation sites (N-methyl/N-ethyl adjacent to an activating group) is 1. The van der Waals surface area contributed by atoms with Crippen LogP contribution in [0.3, 0.4) is 0 Å². The standard InChI is InChI=1S/C17H28N4O.2ClH/c1-15-4-3-5-16(14-15)21-12-10-20(11-13-21)9-6-17(22)19-8-7-18-2;;/h3-5,14,18H,6-13H2,1-2H3,(H,19,22);2*1H. The molecule has 1 heterocycles. The number of carbonyl (C=O) groups excluding carboxylic acids is 1. The molecule has 2 N–H and O–H groups in total. The first-order chi connectivity index (χ1) is 10.7. The molecule has 138 valence electrons. The van der Waals surface area contributed by atoms with Gasteiger partial charge in [-0.15, -0.1) is 24.8 Å². The van der Waals surface area contributed by atoms with Crippen molar-refractivity contribution in [2.45, 2.75) is 13.3 Å². The summed E-state index contributed by atoms with van der Waals surface area (Å²) in [6.07, 6.45) is 0.591. The van der Waals surface area contributed by atoms with E-state index in [1.165, 1.54) is 11.3 Å². The topological polar surface area (TPSA) is 47.6 Å². The molecule has 0 aliphatic carbocycles. The Morgan fingerprint density at radius 3 is 2.46 bits per heavy atom. The van der Waals surface area contributed by atoms with Gasteiger partial charge < -0.3 is 15.5 Å². The number of nitrogens with zero attached hydrogens (tertiary/aromatic N) is 2. The van der Waals surface area contributed by atoms with Gasteiger partial charge in [0.1, 0.15) is 0 Å². The highest BCUT2D eigenvalue weighted by Gasteiger charge is 2.17. The lowest BCUT2D eigenvalue weighted by Gasteiger charge is -2.36. The average Bonchev–Trinajstić information content (AvgIpc) is 2.54. The SMILES string of the molecule is CNCCNC(=O)CCN1CCN(c2cccc(C)c2)CC1.Cl.Cl. The summed E-state index contributed by atoms with van der Waals surface area (Å²) in [5, 5.41) is 5.95. The van der Waals surface area contributed by atoms with E-state index in [9.17, 15) is 4.79 Å². The maximum absolute atomic E-state index is 11.7. The summed E-state index contributed by atoms with van der Waals surface area (Å²) in [6.45, 7) is 8.63. The van der Waals surface area contributed by atoms with Crippen molar-refractivity contribution in [3.63, 3.8) is 0 Å². The first-order valence-corrected chi connectivity index (χ1v) is 8.14. The molecule has 1 amide bonds. The van der Waals surface area contributed by atoms with Crippen molar-refractivity contribution in [3.05, 3.63) is 29.8 Å². The van der Waals surface area contributed by atoms with Crippen molar-refractivity contribution in [3.8, 4) is 0 Å². The van der Waals surface area contributed by atoms with Gasteiger partial charge in [0.2, 0.25) is 5.91 Å². The molecule has 7 heteroatoms. The van der Waals surface area contributed by atoms with Gasteiger partial charge in [-0.05, 0) is 31.7 Å². The fraction of sp³-hybridized carbons (Fsp3) is 0.588. The van der Waals surface area contributed by atoms with Crippen LogP contribution in [0.5, 0.6) is 0 Å². The number of hydrogen-bond donors (Lipinski definition) is 2. The van der Waals surface area contributed by atoms with E-state index in [0.717, 1.165) is 39.3 Å². The Hall–Kier alpha value is -1.01. The van der Waals surface area contributed by atoms with E-state index < -0.39 is 0 Å². The summed E-state index contributed by atoms with van der Waals surface area (Å²) in [4.78, 5) is 16.5. The molecule has 1 saturated heterocycles. The third kappa shape index (κ3) is 7.71. The summed E-state index contributed by atoms with van der Waals surface area (Å²) in [7, 11) is 1.89. The van der Waals surface area contributed by atoms with Gasteiger partial charge in [0.25, 0.3) is 0 Å². The Kier molecular flexibility index (Phi) is 11.8. The molecule has 1 fully saturated rings. The van der Waals surface area contributed by atoms with Crippen LogP contribution in [0.1, 0.15) is 12.0 Å². The van der Waals surface area contributed by atoms with Crippen molar-refractivity contribution in [2.75, 3.05) is 57.8 Å². The van der Waals surface area contributed by atoms with Gasteiger partial charge >= 0.3 is 0 Å². The van der Waals surface area contributed by atoms with Crippen LogP contribution in [0.4, 0.5) is 5.69 Å². The number of amides is 1. The third-order valence-electron chi connectivity index (χ3n) is 4.09. The summed E-state index contributed by atoms with van der Waals surface area (Å²) in [5.41, 5.74) is 2.61. The van der Waals surface area contributed by atoms with Crippen molar-refractivity contribution in [1.29, 1.82) is 0 Å². The molecule has 0 spiro atoms. The van der Waals surface area contributed by atoms with E-state index in [-0.39, 0.29) is 30.7 Å². The maximum atomic E-state index is 11.7. The zero-order chi connectivity index (χ0) is 15.8. The first-order valence-electron chi connectivity index (χ1n) is 8.14. The Bertz CT molecular complexity index is 479. The van der Waals surface area contributed by atoms with Crippen LogP contribution >= 0.6 is 24.8 Å². The smallest absolute Gasteiger partial charge is 0.221 e. The van der Waals surface area contributed by atoms with E-state index in [4.69, 9.17) is 0 Å². The third-order valence-corrected chi connectivity index (χ3v) is 4.09. The van der Waals surface area contributed by atoms with Gasteiger partial charge in [-0.3, -0.25) is 9.69 Å². The highest BCUT2D eigenvalue weighted by atomic mass is 35.5. The summed E-state index contributed by atoms with van der Waals surface area (Å²) in [6, 6.07) is 8.67. The minimum atomic E-state index is 0. The second-order valence-electron chi connectivity index (χ2n) is 5.87. The molecule has 5 nitrogen and oxygen atoms in total. The molecule has 0 bridgehead atoms. The molecular formula is C17H30Cl2N4O. The lowest BCUT2D eigenvalue weighted by molar-refractivity contribution is -0.121. The van der Waals surface area contributed by atoms with Crippen molar-refractivity contribution in [2.24, 2.45) is 0 Å². The number of nitrogens with one attached hydrogen (secondary N) is 2. The van der Waals surface area contributed by atoms with Crippen LogP contribution in [0.2, 0.25) is 0 Å². The minimum Gasteiger partial charge on any atom is -0.369 e. The van der Waals surface area contributed by atoms with E-state index in [2.05, 4.69) is 51.6 Å². The molecule has 1 aliphatic heterocycles. The number of benzene rings is 1. The molecule has 0 radical (unpaired) electrons. The molecule has 0 unspecified atom stereocenters.